The van der Waals surface area contributed by atoms with Gasteiger partial charge in [0.1, 0.15) is 11.9 Å². The van der Waals surface area contributed by atoms with Crippen LogP contribution in [0.25, 0.3) is 0 Å². The summed E-state index contributed by atoms with van der Waals surface area (Å²) in [5.41, 5.74) is 6.43. The highest BCUT2D eigenvalue weighted by Gasteiger charge is 2.30. The van der Waals surface area contributed by atoms with Gasteiger partial charge in [-0.2, -0.15) is 0 Å². The van der Waals surface area contributed by atoms with E-state index in [9.17, 15) is 4.79 Å². The van der Waals surface area contributed by atoms with Crippen molar-refractivity contribution in [1.29, 1.82) is 0 Å². The molecule has 0 radical (unpaired) electrons. The zero-order valence-electron chi connectivity index (χ0n) is 10.1. The zero-order valence-corrected chi connectivity index (χ0v) is 11.6. The van der Waals surface area contributed by atoms with Gasteiger partial charge in [-0.15, -0.1) is 0 Å². The van der Waals surface area contributed by atoms with Gasteiger partial charge in [-0.1, -0.05) is 15.9 Å². The number of methoxy groups -OCH3 is 1. The van der Waals surface area contributed by atoms with E-state index in [1.807, 2.05) is 18.2 Å². The maximum atomic E-state index is 11.6. The maximum absolute atomic E-state index is 11.6. The van der Waals surface area contributed by atoms with E-state index in [1.54, 1.807) is 12.0 Å². The van der Waals surface area contributed by atoms with Crippen LogP contribution in [0.3, 0.4) is 0 Å². The summed E-state index contributed by atoms with van der Waals surface area (Å²) in [5, 5.41) is 0. The van der Waals surface area contributed by atoms with Crippen molar-refractivity contribution in [1.82, 2.24) is 4.90 Å². The lowest BCUT2D eigenvalue weighted by Crippen LogP contribution is -2.27. The average Bonchev–Trinajstić information content (AvgIpc) is 2.71. The molecule has 1 atom stereocenters. The smallest absolute Gasteiger partial charge is 0.410 e. The topological polar surface area (TPSA) is 64.8 Å². The first-order chi connectivity index (χ1) is 8.63. The van der Waals surface area contributed by atoms with Gasteiger partial charge >= 0.3 is 6.09 Å². The van der Waals surface area contributed by atoms with E-state index in [0.717, 1.165) is 15.8 Å². The molecule has 1 aromatic rings. The number of carbonyl (C=O) groups is 1. The number of carbonyl (C=O) groups excluding carboxylic acids is 1. The summed E-state index contributed by atoms with van der Waals surface area (Å²) in [7, 11) is 1.61. The minimum absolute atomic E-state index is 0.212. The molecule has 1 aliphatic heterocycles. The normalized spacial score (nSPS) is 18.9. The molecular formula is C12H15BrN2O3. The molecule has 2 N–H and O–H groups in total. The minimum Gasteiger partial charge on any atom is -0.496 e. The molecule has 2 rings (SSSR count). The van der Waals surface area contributed by atoms with Crippen LogP contribution in [0.1, 0.15) is 5.56 Å². The van der Waals surface area contributed by atoms with Crippen LogP contribution in [0.15, 0.2) is 22.7 Å². The van der Waals surface area contributed by atoms with E-state index < -0.39 is 0 Å². The largest absolute Gasteiger partial charge is 0.496 e. The Labute approximate surface area is 114 Å². The first-order valence-corrected chi connectivity index (χ1v) is 6.41. The van der Waals surface area contributed by atoms with E-state index in [4.69, 9.17) is 15.2 Å². The fraction of sp³-hybridized carbons (Fsp3) is 0.417. The highest BCUT2D eigenvalue weighted by molar-refractivity contribution is 9.10. The van der Waals surface area contributed by atoms with Crippen LogP contribution in [0.2, 0.25) is 0 Å². The van der Waals surface area contributed by atoms with Gasteiger partial charge in [-0.25, -0.2) is 4.79 Å². The van der Waals surface area contributed by atoms with Crippen molar-refractivity contribution in [2.24, 2.45) is 5.73 Å². The lowest BCUT2D eigenvalue weighted by atomic mass is 10.2. The Kier molecular flexibility index (Phi) is 4.08. The number of rotatable bonds is 4. The summed E-state index contributed by atoms with van der Waals surface area (Å²) in [5.74, 6) is 0.752. The van der Waals surface area contributed by atoms with Gasteiger partial charge in [-0.05, 0) is 18.2 Å². The number of cyclic esters (lactones) is 1. The summed E-state index contributed by atoms with van der Waals surface area (Å²) in [6, 6.07) is 5.69. The molecule has 1 heterocycles. The Morgan fingerprint density at radius 3 is 3.00 bits per heavy atom. The number of hydrogen-bond donors (Lipinski definition) is 1. The maximum Gasteiger partial charge on any atom is 0.410 e. The highest BCUT2D eigenvalue weighted by Crippen LogP contribution is 2.25. The first kappa shape index (κ1) is 13.2. The van der Waals surface area contributed by atoms with Crippen molar-refractivity contribution in [2.45, 2.75) is 12.6 Å². The number of benzene rings is 1. The van der Waals surface area contributed by atoms with Gasteiger partial charge in [0.05, 0.1) is 20.2 Å². The summed E-state index contributed by atoms with van der Waals surface area (Å²) < 4.78 is 11.3. The van der Waals surface area contributed by atoms with Crippen LogP contribution in [0, 0.1) is 0 Å². The van der Waals surface area contributed by atoms with E-state index >= 15 is 0 Å². The number of ether oxygens (including phenoxy) is 2. The van der Waals surface area contributed by atoms with Crippen molar-refractivity contribution in [3.05, 3.63) is 28.2 Å². The van der Waals surface area contributed by atoms with Crippen LogP contribution in [0.4, 0.5) is 4.79 Å². The number of halogens is 1. The Hall–Kier alpha value is -1.27. The predicted molar refractivity (Wildman–Crippen MR) is 70.4 cm³/mol. The Balaban J connectivity index is 2.14. The number of amides is 1. The molecule has 1 fully saturated rings. The van der Waals surface area contributed by atoms with Gasteiger partial charge in [0.15, 0.2) is 0 Å². The van der Waals surface area contributed by atoms with Crippen LogP contribution in [-0.2, 0) is 11.3 Å². The van der Waals surface area contributed by atoms with E-state index in [0.29, 0.717) is 19.6 Å². The van der Waals surface area contributed by atoms with E-state index in [1.165, 1.54) is 0 Å². The SMILES string of the molecule is COc1ccc(Br)cc1CN1CC(CN)OC1=O. The molecule has 0 bridgehead atoms. The molecule has 0 aliphatic carbocycles. The zero-order chi connectivity index (χ0) is 13.1. The average molecular weight is 315 g/mol. The molecule has 18 heavy (non-hydrogen) atoms. The molecule has 0 saturated carbocycles. The van der Waals surface area contributed by atoms with Crippen LogP contribution in [0.5, 0.6) is 5.75 Å². The van der Waals surface area contributed by atoms with E-state index in [2.05, 4.69) is 15.9 Å². The first-order valence-electron chi connectivity index (χ1n) is 5.62. The van der Waals surface area contributed by atoms with Gasteiger partial charge in [-0.3, -0.25) is 4.90 Å². The van der Waals surface area contributed by atoms with Crippen molar-refractivity contribution >= 4 is 22.0 Å². The molecule has 1 amide bonds. The minimum atomic E-state index is -0.326. The predicted octanol–water partition coefficient (Wildman–Crippen LogP) is 1.74. The second-order valence-electron chi connectivity index (χ2n) is 4.08. The highest BCUT2D eigenvalue weighted by atomic mass is 79.9. The fourth-order valence-electron chi connectivity index (χ4n) is 1.90. The Morgan fingerprint density at radius 2 is 2.39 bits per heavy atom. The van der Waals surface area contributed by atoms with Gasteiger partial charge in [0, 0.05) is 16.6 Å². The third-order valence-corrected chi connectivity index (χ3v) is 3.31. The standard InChI is InChI=1S/C12H15BrN2O3/c1-17-11-3-2-9(13)4-8(11)6-15-7-10(5-14)18-12(15)16/h2-4,10H,5-7,14H2,1H3. The quantitative estimate of drug-likeness (QED) is 0.919. The van der Waals surface area contributed by atoms with E-state index in [-0.39, 0.29) is 12.2 Å². The van der Waals surface area contributed by atoms with Crippen LogP contribution < -0.4 is 10.5 Å². The lowest BCUT2D eigenvalue weighted by molar-refractivity contribution is 0.134. The van der Waals surface area contributed by atoms with Crippen LogP contribution in [-0.4, -0.2) is 37.3 Å². The van der Waals surface area contributed by atoms with Crippen molar-refractivity contribution in [3.63, 3.8) is 0 Å². The van der Waals surface area contributed by atoms with Gasteiger partial charge < -0.3 is 15.2 Å². The fourth-order valence-corrected chi connectivity index (χ4v) is 2.31. The molecule has 5 nitrogen and oxygen atoms in total. The Bertz CT molecular complexity index is 453. The number of nitrogens with zero attached hydrogens (tertiary/aromatic N) is 1. The molecule has 0 spiro atoms. The summed E-state index contributed by atoms with van der Waals surface area (Å²) in [4.78, 5) is 13.3. The lowest BCUT2D eigenvalue weighted by Gasteiger charge is -2.15. The second-order valence-corrected chi connectivity index (χ2v) is 4.99. The monoisotopic (exact) mass is 314 g/mol. The van der Waals surface area contributed by atoms with Crippen molar-refractivity contribution in [2.75, 3.05) is 20.2 Å². The molecule has 6 heteroatoms. The van der Waals surface area contributed by atoms with Gasteiger partial charge in [0.2, 0.25) is 0 Å². The molecule has 1 aromatic carbocycles. The Morgan fingerprint density at radius 1 is 1.61 bits per heavy atom. The van der Waals surface area contributed by atoms with Crippen LogP contribution >= 0.6 is 15.9 Å². The summed E-state index contributed by atoms with van der Waals surface area (Å²) in [6.45, 7) is 1.32. The summed E-state index contributed by atoms with van der Waals surface area (Å²) >= 11 is 3.41. The van der Waals surface area contributed by atoms with Crippen molar-refractivity contribution in [3.8, 4) is 5.75 Å². The third kappa shape index (κ3) is 2.76. The molecule has 0 aromatic heterocycles. The third-order valence-electron chi connectivity index (χ3n) is 2.82. The van der Waals surface area contributed by atoms with Crippen molar-refractivity contribution < 1.29 is 14.3 Å². The molecular weight excluding hydrogens is 300 g/mol. The molecule has 1 unspecified atom stereocenters. The molecule has 98 valence electrons. The van der Waals surface area contributed by atoms with Gasteiger partial charge in [0.25, 0.3) is 0 Å². The number of hydrogen-bond acceptors (Lipinski definition) is 4. The number of nitrogens with two attached hydrogens (primary N) is 1. The molecule has 1 saturated heterocycles. The molecule has 1 aliphatic rings. The second kappa shape index (κ2) is 5.58. The summed E-state index contributed by atoms with van der Waals surface area (Å²) in [6.07, 6.45) is -0.539.